The SMILES string of the molecule is CC(C)c1cnn(C2(CC#N)CN(C3CCN(C(=O)c4ccnc(C(F)(F)F)c4F)CC3)C2)c1. The molecule has 0 spiro atoms. The Morgan fingerprint density at radius 3 is 2.53 bits per heavy atom. The van der Waals surface area contributed by atoms with Crippen LogP contribution in [0.4, 0.5) is 17.6 Å². The second kappa shape index (κ2) is 8.98. The molecule has 2 aromatic rings. The topological polar surface area (TPSA) is 78.0 Å². The van der Waals surface area contributed by atoms with E-state index in [1.807, 2.05) is 17.1 Å². The van der Waals surface area contributed by atoms with E-state index in [0.717, 1.165) is 17.8 Å². The van der Waals surface area contributed by atoms with Crippen molar-refractivity contribution in [2.45, 2.75) is 56.8 Å². The number of carbonyl (C=O) groups is 1. The number of pyridine rings is 1. The number of carbonyl (C=O) groups excluding carboxylic acids is 1. The first-order chi connectivity index (χ1) is 16.1. The molecule has 2 fully saturated rings. The van der Waals surface area contributed by atoms with Gasteiger partial charge in [-0.15, -0.1) is 0 Å². The van der Waals surface area contributed by atoms with E-state index in [4.69, 9.17) is 0 Å². The van der Waals surface area contributed by atoms with Crippen LogP contribution in [0.3, 0.4) is 0 Å². The lowest BCUT2D eigenvalue weighted by Gasteiger charge is -2.53. The summed E-state index contributed by atoms with van der Waals surface area (Å²) in [5, 5.41) is 13.9. The van der Waals surface area contributed by atoms with Crippen molar-refractivity contribution < 1.29 is 22.4 Å². The zero-order valence-electron chi connectivity index (χ0n) is 19.0. The molecule has 0 saturated carbocycles. The monoisotopic (exact) mass is 478 g/mol. The van der Waals surface area contributed by atoms with E-state index >= 15 is 0 Å². The smallest absolute Gasteiger partial charge is 0.338 e. The molecule has 182 valence electrons. The third kappa shape index (κ3) is 4.39. The van der Waals surface area contributed by atoms with Gasteiger partial charge in [-0.2, -0.15) is 23.5 Å². The minimum Gasteiger partial charge on any atom is -0.338 e. The van der Waals surface area contributed by atoms with E-state index in [0.29, 0.717) is 51.4 Å². The van der Waals surface area contributed by atoms with Gasteiger partial charge in [0.25, 0.3) is 5.91 Å². The highest BCUT2D eigenvalue weighted by atomic mass is 19.4. The summed E-state index contributed by atoms with van der Waals surface area (Å²) in [6.45, 7) is 6.12. The Morgan fingerprint density at radius 1 is 1.29 bits per heavy atom. The summed E-state index contributed by atoms with van der Waals surface area (Å²) in [4.78, 5) is 19.4. The number of nitriles is 1. The normalized spacial score (nSPS) is 19.2. The van der Waals surface area contributed by atoms with Crippen LogP contribution >= 0.6 is 0 Å². The molecule has 0 aliphatic carbocycles. The Balaban J connectivity index is 1.38. The summed E-state index contributed by atoms with van der Waals surface area (Å²) in [6.07, 6.45) is 1.24. The van der Waals surface area contributed by atoms with Gasteiger partial charge in [-0.3, -0.25) is 14.4 Å². The quantitative estimate of drug-likeness (QED) is 0.611. The fourth-order valence-electron chi connectivity index (χ4n) is 4.76. The molecule has 2 saturated heterocycles. The summed E-state index contributed by atoms with van der Waals surface area (Å²) in [7, 11) is 0. The van der Waals surface area contributed by atoms with Crippen molar-refractivity contribution in [3.8, 4) is 6.07 Å². The van der Waals surface area contributed by atoms with Crippen molar-refractivity contribution in [3.63, 3.8) is 0 Å². The highest BCUT2D eigenvalue weighted by Crippen LogP contribution is 2.37. The van der Waals surface area contributed by atoms with Gasteiger partial charge in [-0.25, -0.2) is 9.37 Å². The van der Waals surface area contributed by atoms with Crippen LogP contribution in [0, 0.1) is 17.1 Å². The van der Waals surface area contributed by atoms with Crippen molar-refractivity contribution in [3.05, 3.63) is 47.3 Å². The molecule has 7 nitrogen and oxygen atoms in total. The average Bonchev–Trinajstić information content (AvgIpc) is 3.26. The maximum Gasteiger partial charge on any atom is 0.436 e. The van der Waals surface area contributed by atoms with E-state index in [-0.39, 0.29) is 11.6 Å². The summed E-state index contributed by atoms with van der Waals surface area (Å²) >= 11 is 0. The minimum absolute atomic E-state index is 0.170. The molecular formula is C23H26F4N6O. The van der Waals surface area contributed by atoms with Crippen LogP contribution in [0.5, 0.6) is 0 Å². The van der Waals surface area contributed by atoms with E-state index in [9.17, 15) is 27.6 Å². The Hall–Kier alpha value is -3.00. The molecule has 0 radical (unpaired) electrons. The summed E-state index contributed by atoms with van der Waals surface area (Å²) in [5.74, 6) is -2.06. The van der Waals surface area contributed by atoms with Crippen LogP contribution in [-0.2, 0) is 11.7 Å². The lowest BCUT2D eigenvalue weighted by molar-refractivity contribution is -0.143. The predicted octanol–water partition coefficient (Wildman–Crippen LogP) is 3.79. The van der Waals surface area contributed by atoms with Gasteiger partial charge in [0.2, 0.25) is 0 Å². The van der Waals surface area contributed by atoms with E-state index < -0.39 is 29.2 Å². The zero-order chi connectivity index (χ0) is 24.7. The van der Waals surface area contributed by atoms with Crippen molar-refractivity contribution in [1.82, 2.24) is 24.6 Å². The lowest BCUT2D eigenvalue weighted by Crippen LogP contribution is -2.66. The third-order valence-corrected chi connectivity index (χ3v) is 6.81. The molecule has 0 unspecified atom stereocenters. The van der Waals surface area contributed by atoms with Gasteiger partial charge in [-0.05, 0) is 30.4 Å². The fraction of sp³-hybridized carbons (Fsp3) is 0.565. The molecule has 0 bridgehead atoms. The van der Waals surface area contributed by atoms with Gasteiger partial charge in [0.1, 0.15) is 5.54 Å². The number of aromatic nitrogens is 3. The number of likely N-dealkylation sites (tertiary alicyclic amines) is 2. The summed E-state index contributed by atoms with van der Waals surface area (Å²) in [5.41, 5.74) is -1.57. The lowest BCUT2D eigenvalue weighted by atomic mass is 9.83. The molecule has 0 N–H and O–H groups in total. The molecule has 11 heteroatoms. The minimum atomic E-state index is -4.97. The summed E-state index contributed by atoms with van der Waals surface area (Å²) in [6, 6.07) is 3.43. The van der Waals surface area contributed by atoms with Crippen molar-refractivity contribution in [2.75, 3.05) is 26.2 Å². The number of alkyl halides is 3. The fourth-order valence-corrected chi connectivity index (χ4v) is 4.76. The standard InChI is InChI=1S/C23H26F4N6O/c1-15(2)16-11-30-33(12-16)22(6-7-28)13-32(14-22)17-4-9-31(10-5-17)21(34)18-3-8-29-20(19(18)24)23(25,26)27/h3,8,11-12,15,17H,4-6,9-10,13-14H2,1-2H3. The van der Waals surface area contributed by atoms with Crippen LogP contribution < -0.4 is 0 Å². The van der Waals surface area contributed by atoms with Crippen molar-refractivity contribution in [1.29, 1.82) is 5.26 Å². The Morgan fingerprint density at radius 2 is 1.97 bits per heavy atom. The van der Waals surface area contributed by atoms with E-state index in [1.54, 1.807) is 0 Å². The number of halogens is 4. The predicted molar refractivity (Wildman–Crippen MR) is 114 cm³/mol. The first-order valence-electron chi connectivity index (χ1n) is 11.2. The van der Waals surface area contributed by atoms with Crippen LogP contribution in [0.2, 0.25) is 0 Å². The van der Waals surface area contributed by atoms with E-state index in [2.05, 4.69) is 34.9 Å². The van der Waals surface area contributed by atoms with Crippen molar-refractivity contribution >= 4 is 5.91 Å². The van der Waals surface area contributed by atoms with Gasteiger partial charge in [0, 0.05) is 44.6 Å². The van der Waals surface area contributed by atoms with Gasteiger partial charge >= 0.3 is 6.18 Å². The molecule has 1 amide bonds. The van der Waals surface area contributed by atoms with Crippen molar-refractivity contribution in [2.24, 2.45) is 0 Å². The largest absolute Gasteiger partial charge is 0.436 e. The van der Waals surface area contributed by atoms with Gasteiger partial charge in [0.05, 0.1) is 24.3 Å². The third-order valence-electron chi connectivity index (χ3n) is 6.81. The number of rotatable bonds is 5. The molecule has 2 aliphatic heterocycles. The Kier molecular flexibility index (Phi) is 6.38. The molecule has 2 aliphatic rings. The van der Waals surface area contributed by atoms with Crippen LogP contribution in [0.25, 0.3) is 0 Å². The van der Waals surface area contributed by atoms with E-state index in [1.165, 1.54) is 4.90 Å². The highest BCUT2D eigenvalue weighted by molar-refractivity contribution is 5.94. The van der Waals surface area contributed by atoms with Gasteiger partial charge in [-0.1, -0.05) is 13.8 Å². The van der Waals surface area contributed by atoms with Crippen LogP contribution in [0.15, 0.2) is 24.7 Å². The maximum absolute atomic E-state index is 14.3. The average molecular weight is 478 g/mol. The molecular weight excluding hydrogens is 452 g/mol. The van der Waals surface area contributed by atoms with Crippen LogP contribution in [-0.4, -0.2) is 62.7 Å². The highest BCUT2D eigenvalue weighted by Gasteiger charge is 2.48. The Labute approximate surface area is 195 Å². The number of hydrogen-bond acceptors (Lipinski definition) is 5. The van der Waals surface area contributed by atoms with Gasteiger partial charge in [0.15, 0.2) is 11.5 Å². The first kappa shape index (κ1) is 24.1. The first-order valence-corrected chi connectivity index (χ1v) is 11.2. The zero-order valence-corrected chi connectivity index (χ0v) is 19.0. The number of nitrogens with zero attached hydrogens (tertiary/aromatic N) is 6. The number of hydrogen-bond donors (Lipinski definition) is 0. The molecule has 4 rings (SSSR count). The van der Waals surface area contributed by atoms with Gasteiger partial charge < -0.3 is 4.90 Å². The molecule has 34 heavy (non-hydrogen) atoms. The maximum atomic E-state index is 14.3. The molecule has 4 heterocycles. The second-order valence-electron chi connectivity index (χ2n) is 9.38. The Bertz CT molecular complexity index is 1090. The molecule has 0 atom stereocenters. The van der Waals surface area contributed by atoms with Crippen LogP contribution in [0.1, 0.15) is 60.6 Å². The second-order valence-corrected chi connectivity index (χ2v) is 9.38. The molecule has 2 aromatic heterocycles. The summed E-state index contributed by atoms with van der Waals surface area (Å²) < 4.78 is 55.1. The number of amides is 1. The number of piperidine rings is 1. The molecule has 0 aromatic carbocycles.